The fourth-order valence-corrected chi connectivity index (χ4v) is 11.1. The van der Waals surface area contributed by atoms with Gasteiger partial charge in [0.15, 0.2) is 17.1 Å². The van der Waals surface area contributed by atoms with Gasteiger partial charge < -0.3 is 53.8 Å². The number of nitrogens with one attached hydrogen (secondary N) is 5. The Bertz CT molecular complexity index is 6250. The molecule has 656 valence electrons. The summed E-state index contributed by atoms with van der Waals surface area (Å²) in [6, 6.07) is 6.75. The third-order valence-corrected chi connectivity index (χ3v) is 17.7. The van der Waals surface area contributed by atoms with Crippen LogP contribution in [0.4, 0.5) is 46.7 Å². The predicted octanol–water partition coefficient (Wildman–Crippen LogP) is 7.56. The number of imidazole rings is 2. The minimum atomic E-state index is -0.366. The van der Waals surface area contributed by atoms with Crippen molar-refractivity contribution in [2.45, 2.75) is 252 Å². The van der Waals surface area contributed by atoms with Crippen molar-refractivity contribution in [2.75, 3.05) is 40.1 Å². The summed E-state index contributed by atoms with van der Waals surface area (Å²) in [6.45, 7) is 56.8. The number of nitrogens with two attached hydrogens (primary N) is 7. The van der Waals surface area contributed by atoms with E-state index >= 15 is 0 Å². The Hall–Kier alpha value is -13.5. The summed E-state index contributed by atoms with van der Waals surface area (Å²) in [4.78, 5) is 164. The van der Waals surface area contributed by atoms with Crippen molar-refractivity contribution in [3.63, 3.8) is 0 Å². The first-order valence-corrected chi connectivity index (χ1v) is 38.5. The second-order valence-electron chi connectivity index (χ2n) is 36.8. The van der Waals surface area contributed by atoms with Gasteiger partial charge in [0.2, 0.25) is 17.8 Å². The molecule has 40 heteroatoms. The molecule has 0 radical (unpaired) electrons. The standard InChI is InChI=1S/2C10H14N4O.C10H14N4.C9H15N3O.2C9H14N2O2.C8H12N6.C8H13N3O.C8H12N2O2/c1-10(2,3)5-4-12-7-6(5)13-9(11)14-8(7)15;1-10(2,3)14-5-4-6-7(14)12-9(11)13-8(6)15;1-10(2,3)14-6-13-8-7(11)4-5-12-9(8)14;1-6-5-12(9(2,3)4)8(13)11-7(6)10;2*1-6-5-11(9(2,3)4)8(13)10-7(6)12;1-4(2)14-3-11-5-6(9)12-8(10)13-7(5)14;1-8(2,3)11-5-4-6(9)10-7(11)12;1-8(2,3)10-5-4-6(11)9-7(10)12/h4-5H,1-3H3,(H3,11,13,14,15);4-5H,1-3H3,(H3,11,12,13,15);4-6H,1-3H3,(H2,11,12);5H,1-4H3,(H2,10,11,13);2*5H,1-4H3,(H,10,12,13);3-4H,1-2H3,(H4,9,10,12,13);4-5H,1-3H3,(H2,9,10,12);4-5H,1-3H3,(H,9,11,12). The number of pyridine rings is 1. The largest absolute Gasteiger partial charge is 0.397 e. The van der Waals surface area contributed by atoms with Crippen molar-refractivity contribution in [3.05, 3.63) is 207 Å². The normalized spacial score (nSPS) is 12.7. The molecule has 0 aromatic carbocycles. The Morgan fingerprint density at radius 3 is 1.32 bits per heavy atom. The molecule has 19 N–H and O–H groups in total. The Morgan fingerprint density at radius 1 is 0.388 bits per heavy atom. The summed E-state index contributed by atoms with van der Waals surface area (Å²) in [7, 11) is 0. The second kappa shape index (κ2) is 37.6. The van der Waals surface area contributed by atoms with Crippen LogP contribution in [0.2, 0.25) is 0 Å². The van der Waals surface area contributed by atoms with Gasteiger partial charge in [0.1, 0.15) is 34.0 Å². The highest BCUT2D eigenvalue weighted by Gasteiger charge is 2.33. The van der Waals surface area contributed by atoms with Gasteiger partial charge in [-0.2, -0.15) is 24.9 Å². The number of anilines is 7. The number of aromatic amines is 5. The molecule has 0 saturated carbocycles. The van der Waals surface area contributed by atoms with Crippen LogP contribution in [0, 0.1) is 26.2 Å². The van der Waals surface area contributed by atoms with Crippen LogP contribution >= 0.6 is 0 Å². The zero-order valence-electron chi connectivity index (χ0n) is 74.9. The predicted molar refractivity (Wildman–Crippen MR) is 480 cm³/mol. The number of aliphatic imine (C=N–C) groups is 1. The summed E-state index contributed by atoms with van der Waals surface area (Å²) >= 11 is 0. The average Bonchev–Trinajstić information content (AvgIpc) is 1.62. The van der Waals surface area contributed by atoms with Gasteiger partial charge in [-0.3, -0.25) is 76.7 Å². The Labute approximate surface area is 698 Å². The maximum atomic E-state index is 11.6. The van der Waals surface area contributed by atoms with E-state index < -0.39 is 0 Å². The minimum absolute atomic E-state index is 0.0119. The lowest BCUT2D eigenvalue weighted by Crippen LogP contribution is -2.39. The van der Waals surface area contributed by atoms with Crippen molar-refractivity contribution in [3.8, 4) is 0 Å². The van der Waals surface area contributed by atoms with E-state index in [-0.39, 0.29) is 136 Å². The molecule has 12 aromatic rings. The Morgan fingerprint density at radius 2 is 0.843 bits per heavy atom. The summed E-state index contributed by atoms with van der Waals surface area (Å²) in [5.74, 6) is 1.43. The summed E-state index contributed by atoms with van der Waals surface area (Å²) < 4.78 is 13.5. The zero-order valence-corrected chi connectivity index (χ0v) is 74.9. The number of hydrogen-bond acceptors (Lipinski definition) is 27. The van der Waals surface area contributed by atoms with E-state index in [4.69, 9.17) is 40.1 Å². The van der Waals surface area contributed by atoms with E-state index in [0.717, 1.165) is 16.7 Å². The fourth-order valence-electron chi connectivity index (χ4n) is 11.1. The number of rotatable bonds is 1. The van der Waals surface area contributed by atoms with Gasteiger partial charge in [0.05, 0.1) is 29.4 Å². The van der Waals surface area contributed by atoms with Gasteiger partial charge in [-0.25, -0.2) is 43.9 Å². The van der Waals surface area contributed by atoms with Crippen molar-refractivity contribution < 1.29 is 0 Å². The average molecular weight is 1680 g/mol. The lowest BCUT2D eigenvalue weighted by atomic mass is 9.80. The van der Waals surface area contributed by atoms with Gasteiger partial charge in [-0.1, -0.05) is 20.8 Å². The molecule has 0 saturated heterocycles. The number of aromatic nitrogens is 22. The topological polar surface area (TPSA) is 600 Å². The molecule has 0 spiro atoms. The van der Waals surface area contributed by atoms with Crippen molar-refractivity contribution in [1.29, 1.82) is 0 Å². The van der Waals surface area contributed by atoms with Gasteiger partial charge in [-0.05, 0) is 204 Å². The fraction of sp³-hybridized carbons (Fsp3) is 0.481. The summed E-state index contributed by atoms with van der Waals surface area (Å²) in [6.07, 6.45) is 16.9. The molecule has 0 bridgehead atoms. The first-order chi connectivity index (χ1) is 55.2. The monoisotopic (exact) mass is 1670 g/mol. The molecule has 1 atom stereocenters. The summed E-state index contributed by atoms with van der Waals surface area (Å²) in [5.41, 5.74) is 41.4. The van der Waals surface area contributed by atoms with Crippen LogP contribution in [0.5, 0.6) is 0 Å². The molecule has 1 aliphatic heterocycles. The molecule has 12 aromatic heterocycles. The van der Waals surface area contributed by atoms with E-state index in [1.165, 1.54) is 26.0 Å². The first-order valence-electron chi connectivity index (χ1n) is 38.5. The van der Waals surface area contributed by atoms with Gasteiger partial charge in [0, 0.05) is 123 Å². The highest BCUT2D eigenvalue weighted by molar-refractivity contribution is 5.84. The molecule has 0 amide bonds. The van der Waals surface area contributed by atoms with Gasteiger partial charge in [0.25, 0.3) is 27.8 Å². The Balaban J connectivity index is 0.000000242. The quantitative estimate of drug-likeness (QED) is 0.0754. The number of hydrogen-bond donors (Lipinski definition) is 12. The van der Waals surface area contributed by atoms with Crippen molar-refractivity contribution in [2.24, 2.45) is 10.4 Å². The number of H-pyrrole nitrogens is 5. The number of nitrogens with zero attached hydrogens (tertiary/aromatic N) is 18. The van der Waals surface area contributed by atoms with Gasteiger partial charge in [-0.15, -0.1) is 0 Å². The number of nitrogen functional groups attached to an aromatic ring is 7. The van der Waals surface area contributed by atoms with E-state index in [9.17, 15) is 47.9 Å². The summed E-state index contributed by atoms with van der Waals surface area (Å²) in [5, 5.41) is 0.569. The minimum Gasteiger partial charge on any atom is -0.397 e. The molecule has 40 nitrogen and oxygen atoms in total. The van der Waals surface area contributed by atoms with Crippen molar-refractivity contribution in [1.82, 2.24) is 106 Å². The maximum Gasteiger partial charge on any atom is 0.349 e. The lowest BCUT2D eigenvalue weighted by Gasteiger charge is -2.24. The highest BCUT2D eigenvalue weighted by Crippen LogP contribution is 2.40. The number of aryl methyl sites for hydroxylation is 3. The third-order valence-electron chi connectivity index (χ3n) is 17.7. The molecular weight excluding hydrogens is 1550 g/mol. The SMILES string of the molecule is CC(C)(C)C1C=Nc2c1nc(N)[nH]c2=O.CC(C)(C)n1ccc(=O)[nH]c1=O.CC(C)(C)n1ccc(N)nc1=O.CC(C)(C)n1ccc2c(=O)[nH]c(N)nc21.CC(C)(C)n1cnc2c(N)ccnc21.CC(C)n1cnc2c(N)nc(N)nc21.Cc1cn(C(C)(C)C)c(=O)[nH]c1=O.Cc1cn(C(C)(C)C)c(=O)[nH]c1=O.Cc1cn(C(C)(C)C)c(=O)nc1N. The molecule has 0 fully saturated rings. The van der Waals surface area contributed by atoms with E-state index in [1.54, 1.807) is 91.0 Å². The Kier molecular flexibility index (Phi) is 30.5. The highest BCUT2D eigenvalue weighted by atomic mass is 16.2. The van der Waals surface area contributed by atoms with Crippen LogP contribution in [-0.4, -0.2) is 113 Å². The van der Waals surface area contributed by atoms with Crippen LogP contribution in [0.1, 0.15) is 214 Å². The van der Waals surface area contributed by atoms with E-state index in [0.29, 0.717) is 62.0 Å². The lowest BCUT2D eigenvalue weighted by molar-refractivity contribution is 0.375. The molecule has 1 aliphatic rings. The molecule has 13 heterocycles. The van der Waals surface area contributed by atoms with Crippen LogP contribution in [-0.2, 0) is 38.8 Å². The van der Waals surface area contributed by atoms with E-state index in [1.807, 2.05) is 165 Å². The molecule has 13 rings (SSSR count). The van der Waals surface area contributed by atoms with Crippen LogP contribution < -0.4 is 96.4 Å². The molecular formula is C81H122N30O10. The van der Waals surface area contributed by atoms with Crippen LogP contribution in [0.25, 0.3) is 33.4 Å². The first kappa shape index (κ1) is 98.1. The van der Waals surface area contributed by atoms with Crippen LogP contribution in [0.3, 0.4) is 0 Å². The van der Waals surface area contributed by atoms with Gasteiger partial charge >= 0.3 is 28.4 Å². The van der Waals surface area contributed by atoms with Crippen LogP contribution in [0.15, 0.2) is 133 Å². The molecule has 0 aliphatic carbocycles. The number of fused-ring (bicyclic) bond motifs is 4. The smallest absolute Gasteiger partial charge is 0.349 e. The zero-order chi connectivity index (χ0) is 92.4. The van der Waals surface area contributed by atoms with Crippen molar-refractivity contribution >= 4 is 86.2 Å². The molecule has 121 heavy (non-hydrogen) atoms. The second-order valence-corrected chi connectivity index (χ2v) is 36.8. The van der Waals surface area contributed by atoms with E-state index in [2.05, 4.69) is 116 Å². The molecule has 1 unspecified atom stereocenters. The maximum absolute atomic E-state index is 11.6. The third kappa shape index (κ3) is 26.3.